The Labute approximate surface area is 184 Å². The summed E-state index contributed by atoms with van der Waals surface area (Å²) in [5.41, 5.74) is 14.3. The van der Waals surface area contributed by atoms with Crippen molar-refractivity contribution in [2.24, 2.45) is 5.73 Å². The van der Waals surface area contributed by atoms with Crippen molar-refractivity contribution in [2.75, 3.05) is 5.73 Å². The standard InChI is InChI=1S/C24H23N5O3/c1-24(32)11-15(12-24)29-22(25)20(23(26)31)21(28-29)14-7-8-16-18(9-14)27-17(10-19(16)30)13-5-3-2-4-6-13/h2-10,15,32H,11-12,25H2,1H3,(H2,26,31)(H,27,30). The summed E-state index contributed by atoms with van der Waals surface area (Å²) in [7, 11) is 0. The molecule has 0 aliphatic heterocycles. The normalized spacial score (nSPS) is 20.2. The molecule has 0 atom stereocenters. The number of carbonyl (C=O) groups is 1. The molecule has 8 heteroatoms. The molecule has 8 nitrogen and oxygen atoms in total. The van der Waals surface area contributed by atoms with Crippen molar-refractivity contribution in [3.05, 3.63) is 60.2 Å². The van der Waals surface area contributed by atoms with Crippen LogP contribution >= 0.6 is 0 Å². The summed E-state index contributed by atoms with van der Waals surface area (Å²) in [6, 6.07) is 16.3. The van der Waals surface area contributed by atoms with Crippen LogP contribution in [-0.4, -0.2) is 36.5 Å². The summed E-state index contributed by atoms with van der Waals surface area (Å²) in [5.74, 6) is -0.386. The zero-order valence-corrected chi connectivity index (χ0v) is 17.5. The molecule has 0 unspecified atom stereocenters. The topological polar surface area (TPSA) is 140 Å². The quantitative estimate of drug-likeness (QED) is 0.393. The Morgan fingerprint density at radius 3 is 2.50 bits per heavy atom. The molecule has 6 N–H and O–H groups in total. The minimum atomic E-state index is -0.770. The molecular formula is C24H23N5O3. The van der Waals surface area contributed by atoms with Crippen LogP contribution in [0.3, 0.4) is 0 Å². The molecular weight excluding hydrogens is 406 g/mol. The number of carbonyl (C=O) groups excluding carboxylic acids is 1. The Morgan fingerprint density at radius 1 is 1.12 bits per heavy atom. The highest BCUT2D eigenvalue weighted by Gasteiger charge is 2.41. The minimum Gasteiger partial charge on any atom is -0.507 e. The molecule has 0 bridgehead atoms. The van der Waals surface area contributed by atoms with Gasteiger partial charge in [0.05, 0.1) is 22.9 Å². The van der Waals surface area contributed by atoms with Gasteiger partial charge in [0.25, 0.3) is 5.91 Å². The van der Waals surface area contributed by atoms with E-state index < -0.39 is 11.5 Å². The van der Waals surface area contributed by atoms with Gasteiger partial charge in [0, 0.05) is 22.6 Å². The zero-order chi connectivity index (χ0) is 22.6. The van der Waals surface area contributed by atoms with Gasteiger partial charge in [-0.25, -0.2) is 9.67 Å². The molecule has 2 aromatic heterocycles. The van der Waals surface area contributed by atoms with Gasteiger partial charge in [0.2, 0.25) is 0 Å². The maximum Gasteiger partial charge on any atom is 0.254 e. The van der Waals surface area contributed by atoms with Crippen LogP contribution in [0, 0.1) is 0 Å². The SMILES string of the molecule is CC1(O)CC(n2nc(-c3ccc4c(O)cc(-c5ccccc5)nc4c3)c(C(N)=O)c2N)C1. The van der Waals surface area contributed by atoms with E-state index in [1.807, 2.05) is 30.3 Å². The largest absolute Gasteiger partial charge is 0.507 e. The van der Waals surface area contributed by atoms with Crippen molar-refractivity contribution in [1.82, 2.24) is 14.8 Å². The summed E-state index contributed by atoms with van der Waals surface area (Å²) in [6.45, 7) is 1.75. The molecule has 1 fully saturated rings. The number of anilines is 1. The van der Waals surface area contributed by atoms with Gasteiger partial charge < -0.3 is 21.7 Å². The average Bonchev–Trinajstić information content (AvgIpc) is 3.09. The predicted molar refractivity (Wildman–Crippen MR) is 122 cm³/mol. The molecule has 1 aliphatic carbocycles. The van der Waals surface area contributed by atoms with Crippen molar-refractivity contribution in [3.63, 3.8) is 0 Å². The molecule has 5 rings (SSSR count). The summed E-state index contributed by atoms with van der Waals surface area (Å²) in [6.07, 6.45) is 0.980. The fourth-order valence-electron chi connectivity index (χ4n) is 4.41. The van der Waals surface area contributed by atoms with Crippen molar-refractivity contribution < 1.29 is 15.0 Å². The third kappa shape index (κ3) is 3.25. The predicted octanol–water partition coefficient (Wildman–Crippen LogP) is 3.24. The summed E-state index contributed by atoms with van der Waals surface area (Å²) >= 11 is 0. The van der Waals surface area contributed by atoms with Crippen molar-refractivity contribution in [3.8, 4) is 28.3 Å². The van der Waals surface area contributed by atoms with Gasteiger partial charge in [-0.1, -0.05) is 36.4 Å². The van der Waals surface area contributed by atoms with Gasteiger partial charge in [-0.15, -0.1) is 0 Å². The first-order valence-corrected chi connectivity index (χ1v) is 10.3. The fourth-order valence-corrected chi connectivity index (χ4v) is 4.41. The number of benzene rings is 2. The highest BCUT2D eigenvalue weighted by Crippen LogP contribution is 2.43. The van der Waals surface area contributed by atoms with Crippen molar-refractivity contribution in [1.29, 1.82) is 0 Å². The molecule has 1 amide bonds. The zero-order valence-electron chi connectivity index (χ0n) is 17.5. The lowest BCUT2D eigenvalue weighted by Crippen LogP contribution is -2.42. The van der Waals surface area contributed by atoms with E-state index >= 15 is 0 Å². The van der Waals surface area contributed by atoms with E-state index in [1.165, 1.54) is 0 Å². The Balaban J connectivity index is 1.64. The lowest BCUT2D eigenvalue weighted by atomic mass is 9.77. The molecule has 0 spiro atoms. The van der Waals surface area contributed by atoms with Gasteiger partial charge in [-0.05, 0) is 31.9 Å². The minimum absolute atomic E-state index is 0.107. The number of hydrogen-bond acceptors (Lipinski definition) is 6. The summed E-state index contributed by atoms with van der Waals surface area (Å²) in [5, 5.41) is 25.8. The van der Waals surface area contributed by atoms with E-state index in [0.717, 1.165) is 5.56 Å². The van der Waals surface area contributed by atoms with Crippen LogP contribution in [0.2, 0.25) is 0 Å². The van der Waals surface area contributed by atoms with Crippen LogP contribution in [0.15, 0.2) is 54.6 Å². The molecule has 32 heavy (non-hydrogen) atoms. The van der Waals surface area contributed by atoms with E-state index in [2.05, 4.69) is 5.10 Å². The molecule has 0 radical (unpaired) electrons. The second-order valence-corrected chi connectivity index (χ2v) is 8.60. The first-order chi connectivity index (χ1) is 15.2. The lowest BCUT2D eigenvalue weighted by Gasteiger charge is -2.41. The van der Waals surface area contributed by atoms with Crippen molar-refractivity contribution >= 4 is 22.6 Å². The van der Waals surface area contributed by atoms with E-state index in [9.17, 15) is 15.0 Å². The second kappa shape index (κ2) is 7.06. The Hall–Kier alpha value is -3.91. The summed E-state index contributed by atoms with van der Waals surface area (Å²) in [4.78, 5) is 16.9. The van der Waals surface area contributed by atoms with E-state index in [4.69, 9.17) is 16.5 Å². The molecule has 1 aliphatic rings. The van der Waals surface area contributed by atoms with Crippen molar-refractivity contribution in [2.45, 2.75) is 31.4 Å². The van der Waals surface area contributed by atoms with Gasteiger partial charge in [-0.2, -0.15) is 5.10 Å². The van der Waals surface area contributed by atoms with E-state index in [0.29, 0.717) is 40.7 Å². The highest BCUT2D eigenvalue weighted by atomic mass is 16.3. The second-order valence-electron chi connectivity index (χ2n) is 8.60. The van der Waals surface area contributed by atoms with Gasteiger partial charge in [0.15, 0.2) is 0 Å². The molecule has 4 aromatic rings. The number of fused-ring (bicyclic) bond motifs is 1. The number of amides is 1. The number of aromatic hydroxyl groups is 1. The maximum atomic E-state index is 12.2. The number of aliphatic hydroxyl groups is 1. The fraction of sp³-hybridized carbons (Fsp3) is 0.208. The van der Waals surface area contributed by atoms with Gasteiger partial charge in [-0.3, -0.25) is 4.79 Å². The maximum absolute atomic E-state index is 12.2. The van der Waals surface area contributed by atoms with Crippen LogP contribution in [0.1, 0.15) is 36.2 Å². The van der Waals surface area contributed by atoms with E-state index in [-0.39, 0.29) is 23.2 Å². The molecule has 2 aromatic carbocycles. The first-order valence-electron chi connectivity index (χ1n) is 10.3. The number of nitrogen functional groups attached to an aromatic ring is 1. The van der Waals surface area contributed by atoms with Crippen LogP contribution in [-0.2, 0) is 0 Å². The van der Waals surface area contributed by atoms with Crippen LogP contribution in [0.5, 0.6) is 5.75 Å². The molecule has 1 saturated carbocycles. The van der Waals surface area contributed by atoms with Gasteiger partial charge in [0.1, 0.15) is 22.8 Å². The van der Waals surface area contributed by atoms with Gasteiger partial charge >= 0.3 is 0 Å². The molecule has 162 valence electrons. The smallest absolute Gasteiger partial charge is 0.254 e. The number of nitrogens with zero attached hydrogens (tertiary/aromatic N) is 3. The molecule has 0 saturated heterocycles. The third-order valence-corrected chi connectivity index (χ3v) is 6.02. The number of pyridine rings is 1. The lowest BCUT2D eigenvalue weighted by molar-refractivity contribution is -0.0535. The monoisotopic (exact) mass is 429 g/mol. The van der Waals surface area contributed by atoms with Crippen LogP contribution in [0.4, 0.5) is 5.82 Å². The summed E-state index contributed by atoms with van der Waals surface area (Å²) < 4.78 is 1.57. The number of primary amides is 1. The average molecular weight is 429 g/mol. The molecule has 2 heterocycles. The van der Waals surface area contributed by atoms with Crippen LogP contribution in [0.25, 0.3) is 33.4 Å². The Bertz CT molecular complexity index is 1350. The number of hydrogen-bond donors (Lipinski definition) is 4. The first kappa shape index (κ1) is 20.0. The highest BCUT2D eigenvalue weighted by molar-refractivity contribution is 6.04. The third-order valence-electron chi connectivity index (χ3n) is 6.02. The number of aromatic nitrogens is 3. The van der Waals surface area contributed by atoms with E-state index in [1.54, 1.807) is 35.9 Å². The number of rotatable bonds is 4. The Kier molecular flexibility index (Phi) is 4.42. The van der Waals surface area contributed by atoms with Crippen LogP contribution < -0.4 is 11.5 Å². The number of nitrogens with two attached hydrogens (primary N) is 2. The Morgan fingerprint density at radius 2 is 1.84 bits per heavy atom.